The molecular formula is C20H26ClNO2. The van der Waals surface area contributed by atoms with Crippen molar-refractivity contribution in [1.29, 1.82) is 0 Å². The molecule has 0 radical (unpaired) electrons. The van der Waals surface area contributed by atoms with Gasteiger partial charge in [0, 0.05) is 18.2 Å². The largest absolute Gasteiger partial charge is 0.489 e. The second-order valence-electron chi connectivity index (χ2n) is 6.01. The van der Waals surface area contributed by atoms with Crippen molar-refractivity contribution in [2.75, 3.05) is 13.2 Å². The fraction of sp³-hybridized carbons (Fsp3) is 0.400. The fourth-order valence-corrected chi connectivity index (χ4v) is 2.46. The van der Waals surface area contributed by atoms with Gasteiger partial charge in [0.25, 0.3) is 0 Å². The molecule has 3 nitrogen and oxygen atoms in total. The first-order valence-corrected chi connectivity index (χ1v) is 8.80. The fourth-order valence-electron chi connectivity index (χ4n) is 2.25. The van der Waals surface area contributed by atoms with Crippen molar-refractivity contribution in [1.82, 2.24) is 5.32 Å². The molecule has 0 spiro atoms. The number of hydrogen-bond donors (Lipinski definition) is 1. The quantitative estimate of drug-likeness (QED) is 0.625. The van der Waals surface area contributed by atoms with Crippen LogP contribution >= 0.6 is 11.6 Å². The van der Waals surface area contributed by atoms with Crippen LogP contribution in [0.25, 0.3) is 0 Å². The summed E-state index contributed by atoms with van der Waals surface area (Å²) in [5.41, 5.74) is 2.31. The third-order valence-electron chi connectivity index (χ3n) is 3.50. The lowest BCUT2D eigenvalue weighted by Gasteiger charge is -2.09. The summed E-state index contributed by atoms with van der Waals surface area (Å²) in [6, 6.07) is 15.9. The summed E-state index contributed by atoms with van der Waals surface area (Å²) in [5, 5.41) is 4.16. The third-order valence-corrected chi connectivity index (χ3v) is 3.73. The van der Waals surface area contributed by atoms with Gasteiger partial charge in [0.15, 0.2) is 0 Å². The van der Waals surface area contributed by atoms with Gasteiger partial charge in [-0.15, -0.1) is 0 Å². The Labute approximate surface area is 149 Å². The van der Waals surface area contributed by atoms with E-state index in [-0.39, 0.29) is 0 Å². The maximum Gasteiger partial charge on any atom is 0.119 e. The summed E-state index contributed by atoms with van der Waals surface area (Å²) >= 11 is 5.97. The van der Waals surface area contributed by atoms with Gasteiger partial charge in [0.1, 0.15) is 12.4 Å². The first-order valence-electron chi connectivity index (χ1n) is 8.42. The first-order chi connectivity index (χ1) is 11.6. The monoisotopic (exact) mass is 347 g/mol. The molecule has 4 heteroatoms. The lowest BCUT2D eigenvalue weighted by Crippen LogP contribution is -2.17. The van der Waals surface area contributed by atoms with Crippen LogP contribution in [0.1, 0.15) is 31.4 Å². The average molecular weight is 348 g/mol. The van der Waals surface area contributed by atoms with Crippen molar-refractivity contribution in [2.45, 2.75) is 39.5 Å². The second-order valence-corrected chi connectivity index (χ2v) is 6.45. The molecule has 0 aliphatic heterocycles. The molecule has 0 aliphatic rings. The topological polar surface area (TPSA) is 30.5 Å². The average Bonchev–Trinajstić information content (AvgIpc) is 2.57. The molecule has 0 heterocycles. The van der Waals surface area contributed by atoms with Crippen LogP contribution in [-0.4, -0.2) is 19.3 Å². The molecule has 2 rings (SSSR count). The van der Waals surface area contributed by atoms with Crippen LogP contribution < -0.4 is 10.1 Å². The minimum atomic E-state index is 0.310. The number of halogens is 1. The molecule has 0 saturated heterocycles. The molecule has 0 atom stereocenters. The Bertz CT molecular complexity index is 599. The maximum atomic E-state index is 5.97. The van der Waals surface area contributed by atoms with Gasteiger partial charge in [-0.3, -0.25) is 0 Å². The minimum absolute atomic E-state index is 0.310. The highest BCUT2D eigenvalue weighted by molar-refractivity contribution is 6.30. The molecule has 0 aromatic heterocycles. The van der Waals surface area contributed by atoms with Crippen molar-refractivity contribution in [2.24, 2.45) is 0 Å². The summed E-state index contributed by atoms with van der Waals surface area (Å²) in [5.74, 6) is 0.865. The van der Waals surface area contributed by atoms with Gasteiger partial charge in [-0.1, -0.05) is 35.9 Å². The van der Waals surface area contributed by atoms with Crippen molar-refractivity contribution in [3.63, 3.8) is 0 Å². The van der Waals surface area contributed by atoms with Crippen LogP contribution in [0.4, 0.5) is 0 Å². The van der Waals surface area contributed by atoms with Crippen molar-refractivity contribution >= 4 is 11.6 Å². The highest BCUT2D eigenvalue weighted by Gasteiger charge is 1.99. The summed E-state index contributed by atoms with van der Waals surface area (Å²) in [4.78, 5) is 0. The molecular weight excluding hydrogens is 322 g/mol. The normalized spacial score (nSPS) is 11.0. The van der Waals surface area contributed by atoms with Gasteiger partial charge < -0.3 is 14.8 Å². The highest BCUT2D eigenvalue weighted by Crippen LogP contribution is 2.16. The molecule has 0 aliphatic carbocycles. The van der Waals surface area contributed by atoms with Crippen LogP contribution in [0.2, 0.25) is 5.02 Å². The Hall–Kier alpha value is -1.55. The predicted octanol–water partition coefficient (Wildman–Crippen LogP) is 4.82. The van der Waals surface area contributed by atoms with Gasteiger partial charge in [0.05, 0.1) is 6.10 Å². The molecule has 2 aromatic rings. The number of ether oxygens (including phenoxy) is 2. The van der Waals surface area contributed by atoms with E-state index >= 15 is 0 Å². The first kappa shape index (κ1) is 18.8. The number of nitrogens with one attached hydrogen (secondary N) is 1. The van der Waals surface area contributed by atoms with E-state index in [1.54, 1.807) is 0 Å². The molecule has 0 unspecified atom stereocenters. The van der Waals surface area contributed by atoms with E-state index < -0.39 is 0 Å². The van der Waals surface area contributed by atoms with E-state index in [4.69, 9.17) is 21.1 Å². The minimum Gasteiger partial charge on any atom is -0.489 e. The smallest absolute Gasteiger partial charge is 0.119 e. The SMILES string of the molecule is CC(C)OCCCNCc1ccc(OCc2cccc(Cl)c2)cc1. The van der Waals surface area contributed by atoms with E-state index in [0.717, 1.165) is 42.5 Å². The Morgan fingerprint density at radius 2 is 1.83 bits per heavy atom. The number of rotatable bonds is 10. The van der Waals surface area contributed by atoms with Crippen molar-refractivity contribution < 1.29 is 9.47 Å². The van der Waals surface area contributed by atoms with E-state index in [2.05, 4.69) is 31.3 Å². The Balaban J connectivity index is 1.67. The van der Waals surface area contributed by atoms with Gasteiger partial charge in [0.2, 0.25) is 0 Å². The van der Waals surface area contributed by atoms with Gasteiger partial charge in [-0.25, -0.2) is 0 Å². The zero-order valence-electron chi connectivity index (χ0n) is 14.4. The molecule has 0 amide bonds. The zero-order chi connectivity index (χ0) is 17.2. The van der Waals surface area contributed by atoms with Gasteiger partial charge >= 0.3 is 0 Å². The standard InChI is InChI=1S/C20H26ClNO2/c1-16(2)23-12-4-11-22-14-17-7-9-20(10-8-17)24-15-18-5-3-6-19(21)13-18/h3,5-10,13,16,22H,4,11-12,14-15H2,1-2H3. The van der Waals surface area contributed by atoms with Crippen LogP contribution in [0, 0.1) is 0 Å². The Morgan fingerprint density at radius 3 is 2.54 bits per heavy atom. The molecule has 1 N–H and O–H groups in total. The summed E-state index contributed by atoms with van der Waals surface area (Å²) in [7, 11) is 0. The zero-order valence-corrected chi connectivity index (χ0v) is 15.2. The van der Waals surface area contributed by atoms with E-state index in [1.165, 1.54) is 5.56 Å². The van der Waals surface area contributed by atoms with E-state index in [1.807, 2.05) is 36.4 Å². The summed E-state index contributed by atoms with van der Waals surface area (Å²) in [6.45, 7) is 7.26. The van der Waals surface area contributed by atoms with E-state index in [0.29, 0.717) is 12.7 Å². The molecule has 0 saturated carbocycles. The van der Waals surface area contributed by atoms with Gasteiger partial charge in [-0.2, -0.15) is 0 Å². The Kier molecular flexibility index (Phi) is 8.10. The molecule has 24 heavy (non-hydrogen) atoms. The molecule has 0 bridgehead atoms. The van der Waals surface area contributed by atoms with Crippen molar-refractivity contribution in [3.8, 4) is 5.75 Å². The number of hydrogen-bond acceptors (Lipinski definition) is 3. The van der Waals surface area contributed by atoms with Crippen LogP contribution in [0.15, 0.2) is 48.5 Å². The molecule has 130 valence electrons. The van der Waals surface area contributed by atoms with Crippen LogP contribution in [-0.2, 0) is 17.9 Å². The third kappa shape index (κ3) is 7.35. The predicted molar refractivity (Wildman–Crippen MR) is 99.6 cm³/mol. The molecule has 0 fully saturated rings. The lowest BCUT2D eigenvalue weighted by atomic mass is 10.2. The molecule has 2 aromatic carbocycles. The maximum absolute atomic E-state index is 5.97. The van der Waals surface area contributed by atoms with Crippen LogP contribution in [0.5, 0.6) is 5.75 Å². The number of benzene rings is 2. The van der Waals surface area contributed by atoms with E-state index in [9.17, 15) is 0 Å². The Morgan fingerprint density at radius 1 is 1.04 bits per heavy atom. The highest BCUT2D eigenvalue weighted by atomic mass is 35.5. The lowest BCUT2D eigenvalue weighted by molar-refractivity contribution is 0.0770. The van der Waals surface area contributed by atoms with Crippen molar-refractivity contribution in [3.05, 3.63) is 64.7 Å². The van der Waals surface area contributed by atoms with Crippen LogP contribution in [0.3, 0.4) is 0 Å². The second kappa shape index (κ2) is 10.3. The van der Waals surface area contributed by atoms with Gasteiger partial charge in [-0.05, 0) is 62.2 Å². The summed E-state index contributed by atoms with van der Waals surface area (Å²) < 4.78 is 11.3. The summed E-state index contributed by atoms with van der Waals surface area (Å²) in [6.07, 6.45) is 1.34.